The molecule has 0 saturated heterocycles. The normalized spacial score (nSPS) is 11.6. The van der Waals surface area contributed by atoms with Crippen LogP contribution in [0.25, 0.3) is 0 Å². The summed E-state index contributed by atoms with van der Waals surface area (Å²) < 4.78 is 51.9. The highest BCUT2D eigenvalue weighted by atomic mass is 19.3. The Morgan fingerprint density at radius 2 is 1.75 bits per heavy atom. The van der Waals surface area contributed by atoms with Crippen molar-refractivity contribution in [1.29, 1.82) is 0 Å². The maximum absolute atomic E-state index is 12.4. The second kappa shape index (κ2) is 4.33. The largest absolute Gasteiger partial charge is 0.461 e. The van der Waals surface area contributed by atoms with Crippen molar-refractivity contribution < 1.29 is 27.2 Å². The number of alkyl halides is 4. The van der Waals surface area contributed by atoms with E-state index in [1.807, 2.05) is 0 Å². The van der Waals surface area contributed by atoms with Gasteiger partial charge in [-0.3, -0.25) is 10.1 Å². The Labute approximate surface area is 86.6 Å². The zero-order valence-electron chi connectivity index (χ0n) is 7.57. The number of benzene rings is 1. The summed E-state index contributed by atoms with van der Waals surface area (Å²) in [5.41, 5.74) is -0.354. The molecule has 1 rings (SSSR count). The predicted molar refractivity (Wildman–Crippen MR) is 44.7 cm³/mol. The van der Waals surface area contributed by atoms with Gasteiger partial charge in [-0.15, -0.1) is 0 Å². The molecule has 0 saturated carbocycles. The van der Waals surface area contributed by atoms with Gasteiger partial charge in [-0.05, 0) is 12.1 Å². The number of nitro benzene ring substituents is 1. The molecule has 0 atom stereocenters. The zero-order valence-corrected chi connectivity index (χ0v) is 7.57. The van der Waals surface area contributed by atoms with E-state index in [2.05, 4.69) is 4.74 Å². The molecule has 4 nitrogen and oxygen atoms in total. The molecule has 0 N–H and O–H groups in total. The van der Waals surface area contributed by atoms with Crippen molar-refractivity contribution in [1.82, 2.24) is 0 Å². The number of nitro groups is 1. The van der Waals surface area contributed by atoms with Crippen LogP contribution >= 0.6 is 0 Å². The third-order valence-corrected chi connectivity index (χ3v) is 1.56. The number of halogens is 4. The van der Waals surface area contributed by atoms with Gasteiger partial charge in [0.05, 0.1) is 4.92 Å². The highest BCUT2D eigenvalue weighted by molar-refractivity contribution is 5.36. The van der Waals surface area contributed by atoms with Crippen molar-refractivity contribution in [3.63, 3.8) is 0 Å². The fraction of sp³-hybridized carbons (Fsp3) is 0.250. The highest BCUT2D eigenvalue weighted by Gasteiger charge is 2.43. The van der Waals surface area contributed by atoms with Crippen molar-refractivity contribution in [3.8, 4) is 5.75 Å². The van der Waals surface area contributed by atoms with Crippen LogP contribution in [0, 0.1) is 10.1 Å². The molecule has 16 heavy (non-hydrogen) atoms. The summed E-state index contributed by atoms with van der Waals surface area (Å²) in [6.07, 6.45) is -8.58. The Balaban J connectivity index is 2.80. The van der Waals surface area contributed by atoms with Gasteiger partial charge in [0.25, 0.3) is 5.69 Å². The van der Waals surface area contributed by atoms with Crippen LogP contribution in [0.1, 0.15) is 0 Å². The van der Waals surface area contributed by atoms with Gasteiger partial charge in [0.1, 0.15) is 5.75 Å². The molecule has 0 bridgehead atoms. The van der Waals surface area contributed by atoms with E-state index in [4.69, 9.17) is 0 Å². The molecule has 0 radical (unpaired) electrons. The standard InChI is InChI=1S/C8H5F4NO3/c9-7(10)8(11,12)16-6-3-1-5(2-4-6)13(14)15/h1-4,7H. The van der Waals surface area contributed by atoms with Crippen LogP contribution in [0.4, 0.5) is 23.2 Å². The van der Waals surface area contributed by atoms with Gasteiger partial charge in [-0.1, -0.05) is 0 Å². The van der Waals surface area contributed by atoms with Gasteiger partial charge in [0.15, 0.2) is 0 Å². The molecule has 0 spiro atoms. The molecule has 88 valence electrons. The molecule has 1 aromatic carbocycles. The summed E-state index contributed by atoms with van der Waals surface area (Å²) in [6.45, 7) is 0. The van der Waals surface area contributed by atoms with E-state index in [1.165, 1.54) is 0 Å². The van der Waals surface area contributed by atoms with Crippen molar-refractivity contribution in [3.05, 3.63) is 34.4 Å². The van der Waals surface area contributed by atoms with Crippen LogP contribution < -0.4 is 4.74 Å². The molecule has 8 heteroatoms. The number of hydrogen-bond acceptors (Lipinski definition) is 3. The fourth-order valence-electron chi connectivity index (χ4n) is 0.838. The molecular formula is C8H5F4NO3. The first kappa shape index (κ1) is 12.2. The quantitative estimate of drug-likeness (QED) is 0.461. The third kappa shape index (κ3) is 2.81. The Morgan fingerprint density at radius 1 is 1.25 bits per heavy atom. The van der Waals surface area contributed by atoms with E-state index in [-0.39, 0.29) is 5.69 Å². The SMILES string of the molecule is O=[N+]([O-])c1ccc(OC(F)(F)C(F)F)cc1. The fourth-order valence-corrected chi connectivity index (χ4v) is 0.838. The van der Waals surface area contributed by atoms with Crippen LogP contribution in [0.15, 0.2) is 24.3 Å². The summed E-state index contributed by atoms with van der Waals surface area (Å²) in [7, 11) is 0. The first-order chi connectivity index (χ1) is 7.33. The summed E-state index contributed by atoms with van der Waals surface area (Å²) in [5.74, 6) is -0.573. The Bertz CT molecular complexity index is 379. The summed E-state index contributed by atoms with van der Waals surface area (Å²) in [5, 5.41) is 10.2. The molecule has 0 aliphatic heterocycles. The lowest BCUT2D eigenvalue weighted by atomic mass is 10.3. The van der Waals surface area contributed by atoms with Crippen LogP contribution in [0.2, 0.25) is 0 Å². The number of hydrogen-bond donors (Lipinski definition) is 0. The predicted octanol–water partition coefficient (Wildman–Crippen LogP) is 2.83. The van der Waals surface area contributed by atoms with Crippen molar-refractivity contribution >= 4 is 5.69 Å². The lowest BCUT2D eigenvalue weighted by molar-refractivity contribution is -0.384. The summed E-state index contributed by atoms with van der Waals surface area (Å²) in [4.78, 5) is 9.45. The topological polar surface area (TPSA) is 52.4 Å². The van der Waals surface area contributed by atoms with Gasteiger partial charge < -0.3 is 4.74 Å². The molecule has 0 heterocycles. The molecule has 0 aromatic heterocycles. The molecule has 0 aliphatic rings. The van der Waals surface area contributed by atoms with E-state index in [9.17, 15) is 27.7 Å². The van der Waals surface area contributed by atoms with E-state index in [0.717, 1.165) is 24.3 Å². The maximum atomic E-state index is 12.4. The minimum absolute atomic E-state index is 0.354. The molecule has 0 amide bonds. The molecular weight excluding hydrogens is 234 g/mol. The van der Waals surface area contributed by atoms with Gasteiger partial charge in [-0.25, -0.2) is 0 Å². The lowest BCUT2D eigenvalue weighted by Gasteiger charge is -2.16. The lowest BCUT2D eigenvalue weighted by Crippen LogP contribution is -2.33. The zero-order chi connectivity index (χ0) is 12.3. The van der Waals surface area contributed by atoms with E-state index in [0.29, 0.717) is 0 Å². The van der Waals surface area contributed by atoms with E-state index in [1.54, 1.807) is 0 Å². The first-order valence-corrected chi connectivity index (χ1v) is 3.92. The second-order valence-electron chi connectivity index (χ2n) is 2.72. The Kier molecular flexibility index (Phi) is 3.31. The third-order valence-electron chi connectivity index (χ3n) is 1.56. The molecule has 0 fully saturated rings. The van der Waals surface area contributed by atoms with Crippen molar-refractivity contribution in [2.24, 2.45) is 0 Å². The monoisotopic (exact) mass is 239 g/mol. The number of ether oxygens (including phenoxy) is 1. The Morgan fingerprint density at radius 3 is 2.12 bits per heavy atom. The molecule has 0 unspecified atom stereocenters. The average molecular weight is 239 g/mol. The highest BCUT2D eigenvalue weighted by Crippen LogP contribution is 2.28. The summed E-state index contributed by atoms with van der Waals surface area (Å²) >= 11 is 0. The van der Waals surface area contributed by atoms with Gasteiger partial charge in [-0.2, -0.15) is 17.6 Å². The van der Waals surface area contributed by atoms with Crippen LogP contribution in [-0.2, 0) is 0 Å². The number of non-ortho nitro benzene ring substituents is 1. The van der Waals surface area contributed by atoms with Gasteiger partial charge in [0, 0.05) is 12.1 Å². The Hall–Kier alpha value is -1.86. The van der Waals surface area contributed by atoms with E-state index < -0.39 is 23.2 Å². The minimum atomic E-state index is -4.61. The van der Waals surface area contributed by atoms with E-state index >= 15 is 0 Å². The molecule has 0 aliphatic carbocycles. The van der Waals surface area contributed by atoms with Crippen LogP contribution in [-0.4, -0.2) is 17.5 Å². The van der Waals surface area contributed by atoms with Crippen molar-refractivity contribution in [2.75, 3.05) is 0 Å². The van der Waals surface area contributed by atoms with Crippen LogP contribution in [0.5, 0.6) is 5.75 Å². The maximum Gasteiger partial charge on any atom is 0.461 e. The number of rotatable bonds is 4. The molecule has 1 aromatic rings. The number of nitrogens with zero attached hydrogens (tertiary/aromatic N) is 1. The van der Waals surface area contributed by atoms with Crippen molar-refractivity contribution in [2.45, 2.75) is 12.5 Å². The summed E-state index contributed by atoms with van der Waals surface area (Å²) in [6, 6.07) is 3.37. The van der Waals surface area contributed by atoms with Gasteiger partial charge in [0.2, 0.25) is 0 Å². The minimum Gasteiger partial charge on any atom is -0.428 e. The second-order valence-corrected chi connectivity index (χ2v) is 2.72. The van der Waals surface area contributed by atoms with Gasteiger partial charge >= 0.3 is 12.5 Å². The first-order valence-electron chi connectivity index (χ1n) is 3.92. The smallest absolute Gasteiger partial charge is 0.428 e. The average Bonchev–Trinajstić information content (AvgIpc) is 2.17. The van der Waals surface area contributed by atoms with Crippen LogP contribution in [0.3, 0.4) is 0 Å².